The second kappa shape index (κ2) is 13.5. The van der Waals surface area contributed by atoms with Crippen LogP contribution in [-0.4, -0.2) is 54.3 Å². The van der Waals surface area contributed by atoms with E-state index in [0.717, 1.165) is 54.9 Å². The highest BCUT2D eigenvalue weighted by molar-refractivity contribution is 14.0. The lowest BCUT2D eigenvalue weighted by atomic mass is 10.0. The number of hydrogen-bond acceptors (Lipinski definition) is 5. The second-order valence-electron chi connectivity index (χ2n) is 7.04. The molecule has 1 aliphatic heterocycles. The van der Waals surface area contributed by atoms with E-state index >= 15 is 0 Å². The number of nitrogens with zero attached hydrogens (tertiary/aromatic N) is 3. The lowest BCUT2D eigenvalue weighted by Crippen LogP contribution is -2.49. The second-order valence-corrected chi connectivity index (χ2v) is 9.28. The highest BCUT2D eigenvalue weighted by Crippen LogP contribution is 2.24. The molecule has 0 aliphatic carbocycles. The summed E-state index contributed by atoms with van der Waals surface area (Å²) in [4.78, 5) is 11.3. The van der Waals surface area contributed by atoms with Gasteiger partial charge in [0.15, 0.2) is 5.96 Å². The van der Waals surface area contributed by atoms with Crippen molar-refractivity contribution in [3.63, 3.8) is 0 Å². The first-order valence-electron chi connectivity index (χ1n) is 10.0. The van der Waals surface area contributed by atoms with Gasteiger partial charge in [0.2, 0.25) is 0 Å². The van der Waals surface area contributed by atoms with E-state index in [2.05, 4.69) is 62.8 Å². The Kier molecular flexibility index (Phi) is 11.3. The van der Waals surface area contributed by atoms with Crippen LogP contribution in [0.25, 0.3) is 0 Å². The molecule has 1 fully saturated rings. The predicted octanol–water partition coefficient (Wildman–Crippen LogP) is 4.63. The largest absolute Gasteiger partial charge is 0.356 e. The Balaban J connectivity index is 0.00000300. The third kappa shape index (κ3) is 8.07. The van der Waals surface area contributed by atoms with Gasteiger partial charge in [-0.15, -0.1) is 35.3 Å². The van der Waals surface area contributed by atoms with E-state index in [0.29, 0.717) is 12.1 Å². The van der Waals surface area contributed by atoms with E-state index < -0.39 is 0 Å². The van der Waals surface area contributed by atoms with Gasteiger partial charge in [-0.1, -0.05) is 42.1 Å². The number of guanidine groups is 1. The van der Waals surface area contributed by atoms with E-state index in [1.54, 1.807) is 11.3 Å². The maximum atomic E-state index is 4.40. The Hall–Kier alpha value is -0.840. The summed E-state index contributed by atoms with van der Waals surface area (Å²) in [6.07, 6.45) is 5.26. The van der Waals surface area contributed by atoms with Gasteiger partial charge in [-0.3, -0.25) is 9.89 Å². The van der Waals surface area contributed by atoms with Crippen LogP contribution in [0.15, 0.2) is 51.2 Å². The van der Waals surface area contributed by atoms with Crippen LogP contribution in [0, 0.1) is 0 Å². The molecule has 0 saturated carbocycles. The summed E-state index contributed by atoms with van der Waals surface area (Å²) in [6, 6.07) is 11.8. The number of rotatable bonds is 8. The average Bonchev–Trinajstić information content (AvgIpc) is 3.27. The topological polar surface area (TPSA) is 52.6 Å². The standard InChI is InChI=1S/C21H31N5S2.HI/c1-17(18-7-4-3-5-8-18)26-13-9-19(10-14-26)25-20(22-2)23-11-6-15-27-21-24-12-16-28-21;/h3-5,7-8,12,16-17,19H,6,9-11,13-15H2,1-2H3,(H2,22,23,25);1H. The Morgan fingerprint density at radius 1 is 1.31 bits per heavy atom. The molecule has 1 unspecified atom stereocenters. The summed E-state index contributed by atoms with van der Waals surface area (Å²) in [6.45, 7) is 5.49. The van der Waals surface area contributed by atoms with Crippen LogP contribution in [0.3, 0.4) is 0 Å². The number of halogens is 1. The molecule has 0 radical (unpaired) electrons. The molecule has 29 heavy (non-hydrogen) atoms. The minimum absolute atomic E-state index is 0. The van der Waals surface area contributed by atoms with Crippen LogP contribution in [0.1, 0.15) is 37.8 Å². The van der Waals surface area contributed by atoms with Crippen LogP contribution < -0.4 is 10.6 Å². The molecule has 2 N–H and O–H groups in total. The molecular formula is C21H32IN5S2. The molecular weight excluding hydrogens is 513 g/mol. The van der Waals surface area contributed by atoms with Gasteiger partial charge in [0.05, 0.1) is 0 Å². The minimum Gasteiger partial charge on any atom is -0.356 e. The van der Waals surface area contributed by atoms with Gasteiger partial charge in [-0.05, 0) is 31.7 Å². The Bertz CT molecular complexity index is 703. The van der Waals surface area contributed by atoms with E-state index in [1.807, 2.05) is 30.4 Å². The summed E-state index contributed by atoms with van der Waals surface area (Å²) in [7, 11) is 1.85. The first kappa shape index (κ1) is 24.4. The Labute approximate surface area is 200 Å². The van der Waals surface area contributed by atoms with Gasteiger partial charge in [-0.25, -0.2) is 4.98 Å². The molecule has 0 spiro atoms. The fraction of sp³-hybridized carbons (Fsp3) is 0.524. The van der Waals surface area contributed by atoms with Crippen molar-refractivity contribution in [1.29, 1.82) is 0 Å². The molecule has 1 aromatic carbocycles. The van der Waals surface area contributed by atoms with E-state index in [4.69, 9.17) is 0 Å². The Morgan fingerprint density at radius 2 is 2.07 bits per heavy atom. The number of piperidine rings is 1. The zero-order valence-corrected chi connectivity index (χ0v) is 21.2. The summed E-state index contributed by atoms with van der Waals surface area (Å²) in [5.74, 6) is 2.00. The minimum atomic E-state index is 0. The monoisotopic (exact) mass is 545 g/mol. The molecule has 0 amide bonds. The first-order valence-corrected chi connectivity index (χ1v) is 11.9. The fourth-order valence-corrected chi connectivity index (χ4v) is 5.13. The molecule has 160 valence electrons. The third-order valence-electron chi connectivity index (χ3n) is 5.17. The summed E-state index contributed by atoms with van der Waals surface area (Å²) in [5, 5.41) is 9.08. The van der Waals surface area contributed by atoms with Crippen molar-refractivity contribution in [2.24, 2.45) is 4.99 Å². The lowest BCUT2D eigenvalue weighted by Gasteiger charge is -2.37. The number of likely N-dealkylation sites (tertiary alicyclic amines) is 1. The van der Waals surface area contributed by atoms with Crippen molar-refractivity contribution in [3.8, 4) is 0 Å². The normalized spacial score (nSPS) is 16.8. The highest BCUT2D eigenvalue weighted by Gasteiger charge is 2.23. The fourth-order valence-electron chi connectivity index (χ4n) is 3.48. The predicted molar refractivity (Wildman–Crippen MR) is 137 cm³/mol. The number of aromatic nitrogens is 1. The third-order valence-corrected chi connectivity index (χ3v) is 7.22. The van der Waals surface area contributed by atoms with Gasteiger partial charge < -0.3 is 10.6 Å². The number of thiazole rings is 1. The number of hydrogen-bond donors (Lipinski definition) is 2. The summed E-state index contributed by atoms with van der Waals surface area (Å²) < 4.78 is 1.15. The SMILES string of the molecule is CN=C(NCCCSc1nccs1)NC1CCN(C(C)c2ccccc2)CC1.I. The van der Waals surface area contributed by atoms with Gasteiger partial charge in [0.1, 0.15) is 4.34 Å². The van der Waals surface area contributed by atoms with Crippen LogP contribution in [0.4, 0.5) is 0 Å². The number of thioether (sulfide) groups is 1. The summed E-state index contributed by atoms with van der Waals surface area (Å²) >= 11 is 3.53. The molecule has 3 rings (SSSR count). The molecule has 1 aliphatic rings. The molecule has 0 bridgehead atoms. The lowest BCUT2D eigenvalue weighted by molar-refractivity contribution is 0.158. The van der Waals surface area contributed by atoms with Crippen molar-refractivity contribution >= 4 is 53.0 Å². The van der Waals surface area contributed by atoms with Gasteiger partial charge >= 0.3 is 0 Å². The van der Waals surface area contributed by atoms with E-state index in [9.17, 15) is 0 Å². The quantitative estimate of drug-likeness (QED) is 0.167. The summed E-state index contributed by atoms with van der Waals surface area (Å²) in [5.41, 5.74) is 1.40. The number of aliphatic imine (C=N–C) groups is 1. The van der Waals surface area contributed by atoms with Gasteiger partial charge in [-0.2, -0.15) is 0 Å². The number of nitrogens with one attached hydrogen (secondary N) is 2. The van der Waals surface area contributed by atoms with Crippen LogP contribution in [0.5, 0.6) is 0 Å². The highest BCUT2D eigenvalue weighted by atomic mass is 127. The molecule has 2 aromatic rings. The molecule has 5 nitrogen and oxygen atoms in total. The van der Waals surface area contributed by atoms with Crippen LogP contribution in [-0.2, 0) is 0 Å². The van der Waals surface area contributed by atoms with Gasteiger partial charge in [0, 0.05) is 56.1 Å². The molecule has 1 atom stereocenters. The zero-order valence-electron chi connectivity index (χ0n) is 17.2. The first-order chi connectivity index (χ1) is 13.8. The zero-order chi connectivity index (χ0) is 19.6. The van der Waals surface area contributed by atoms with Crippen molar-refractivity contribution in [2.45, 2.75) is 42.6 Å². The molecule has 1 aromatic heterocycles. The van der Waals surface area contributed by atoms with Crippen molar-refractivity contribution in [3.05, 3.63) is 47.5 Å². The van der Waals surface area contributed by atoms with Crippen LogP contribution >= 0.6 is 47.1 Å². The molecule has 2 heterocycles. The molecule has 8 heteroatoms. The van der Waals surface area contributed by atoms with Crippen molar-refractivity contribution in [2.75, 3.05) is 32.4 Å². The van der Waals surface area contributed by atoms with Crippen molar-refractivity contribution < 1.29 is 0 Å². The average molecular weight is 546 g/mol. The van der Waals surface area contributed by atoms with Crippen molar-refractivity contribution in [1.82, 2.24) is 20.5 Å². The molecule has 1 saturated heterocycles. The van der Waals surface area contributed by atoms with Gasteiger partial charge in [0.25, 0.3) is 0 Å². The van der Waals surface area contributed by atoms with E-state index in [-0.39, 0.29) is 24.0 Å². The number of benzene rings is 1. The van der Waals surface area contributed by atoms with Crippen LogP contribution in [0.2, 0.25) is 0 Å². The van der Waals surface area contributed by atoms with E-state index in [1.165, 1.54) is 5.56 Å². The maximum absolute atomic E-state index is 4.40. The Morgan fingerprint density at radius 3 is 2.72 bits per heavy atom. The smallest absolute Gasteiger partial charge is 0.191 e. The maximum Gasteiger partial charge on any atom is 0.191 e.